The first-order valence-corrected chi connectivity index (χ1v) is 33.0. The minimum Gasteiger partial charge on any atom is -0.453 e. The number of halogens is 12. The van der Waals surface area contributed by atoms with E-state index in [0.29, 0.717) is 106 Å². The Morgan fingerprint density at radius 1 is 0.476 bits per heavy atom. The molecule has 6 N–H and O–H groups in total. The molecule has 105 heavy (non-hydrogen) atoms. The van der Waals surface area contributed by atoms with Gasteiger partial charge in [-0.3, -0.25) is 14.4 Å². The van der Waals surface area contributed by atoms with E-state index < -0.39 is 92.3 Å². The molecule has 0 radical (unpaired) electrons. The molecule has 558 valence electrons. The van der Waals surface area contributed by atoms with Gasteiger partial charge < -0.3 is 74.5 Å². The first kappa shape index (κ1) is 76.8. The lowest BCUT2D eigenvalue weighted by atomic mass is 10.1. The summed E-state index contributed by atoms with van der Waals surface area (Å²) in [5.41, 5.74) is 3.56. The number of H-pyrrole nitrogens is 3. The van der Waals surface area contributed by atoms with Crippen LogP contribution in [0.1, 0.15) is 20.3 Å². The summed E-state index contributed by atoms with van der Waals surface area (Å²) in [6, 6.07) is 6.38. The van der Waals surface area contributed by atoms with E-state index >= 15 is 0 Å². The van der Waals surface area contributed by atoms with Crippen molar-refractivity contribution >= 4 is 121 Å². The minimum absolute atomic E-state index is 0.128. The number of rotatable bonds is 15. The number of carbonyl (C=O) groups excluding carboxylic acids is 6. The van der Waals surface area contributed by atoms with E-state index in [9.17, 15) is 68.3 Å². The highest BCUT2D eigenvalue weighted by Crippen LogP contribution is 2.34. The number of methoxy groups -OCH3 is 1. The third-order valence-corrected chi connectivity index (χ3v) is 16.7. The molecular weight excluding hydrogens is 1470 g/mol. The number of pyridine rings is 3. The van der Waals surface area contributed by atoms with Crippen LogP contribution in [0.25, 0.3) is 67.3 Å². The summed E-state index contributed by atoms with van der Waals surface area (Å²) in [6.45, 7) is -0.219. The molecule has 3 atom stereocenters. The number of amides is 6. The third kappa shape index (κ3) is 19.5. The van der Waals surface area contributed by atoms with Crippen molar-refractivity contribution in [1.29, 1.82) is 0 Å². The van der Waals surface area contributed by atoms with Crippen molar-refractivity contribution in [3.63, 3.8) is 0 Å². The van der Waals surface area contributed by atoms with Crippen molar-refractivity contribution in [3.8, 4) is 34.2 Å². The fourth-order valence-electron chi connectivity index (χ4n) is 11.3. The maximum absolute atomic E-state index is 12.8. The maximum Gasteiger partial charge on any atom is 0.409 e. The van der Waals surface area contributed by atoms with Crippen LogP contribution in [0.15, 0.2) is 92.2 Å². The van der Waals surface area contributed by atoms with Crippen molar-refractivity contribution < 1.29 is 82.5 Å². The van der Waals surface area contributed by atoms with E-state index in [1.807, 2.05) is 22.9 Å². The Kier molecular flexibility index (Phi) is 24.4. The van der Waals surface area contributed by atoms with Crippen molar-refractivity contribution in [2.45, 2.75) is 56.9 Å². The van der Waals surface area contributed by atoms with Gasteiger partial charge in [0.15, 0.2) is 17.5 Å². The van der Waals surface area contributed by atoms with E-state index in [2.05, 4.69) is 59.8 Å². The Balaban J connectivity index is 0.000000169. The van der Waals surface area contributed by atoms with Crippen LogP contribution in [-0.4, -0.2) is 246 Å². The van der Waals surface area contributed by atoms with Crippen molar-refractivity contribution in [3.05, 3.63) is 107 Å². The number of anilines is 3. The predicted octanol–water partition coefficient (Wildman–Crippen LogP) is 9.00. The molecule has 0 aromatic carbocycles. The zero-order valence-electron chi connectivity index (χ0n) is 55.4. The Bertz CT molecular complexity index is 4610. The van der Waals surface area contributed by atoms with Gasteiger partial charge in [-0.25, -0.2) is 59.2 Å². The van der Waals surface area contributed by atoms with Crippen LogP contribution in [0.3, 0.4) is 0 Å². The topological polar surface area (TPSA) is 349 Å². The van der Waals surface area contributed by atoms with Crippen LogP contribution in [-0.2, 0) is 28.6 Å². The van der Waals surface area contributed by atoms with E-state index in [4.69, 9.17) is 49.0 Å². The van der Waals surface area contributed by atoms with Gasteiger partial charge in [0.25, 0.3) is 0 Å². The van der Waals surface area contributed by atoms with Crippen LogP contribution in [0.4, 0.5) is 71.4 Å². The zero-order valence-corrected chi connectivity index (χ0v) is 57.7. The SMILES string of the molecule is CCCOC(=O)N1CCN(c2ccnc(-c3c[nH]c4ncc(Cl)cc34)n2)[C@@H](C(=O)NCC(F)(F)F)C1.CCOC(=O)N1CCN(c2ccnc(-c3c[nH]c4ncc(Cl)cc34)n2)[C@@H](C(=O)NCC(F)(F)F)C1.COC(=O)N1CCN(c2ccnc(-c3c[nH]c4ncc(Cl)cc34)n2)[C@@H](C(=O)NCC(F)(F)F)C1. The summed E-state index contributed by atoms with van der Waals surface area (Å²) in [6.07, 6.45) is -1.16. The van der Waals surface area contributed by atoms with Crippen LogP contribution >= 0.6 is 34.8 Å². The molecule has 12 heterocycles. The van der Waals surface area contributed by atoms with E-state index in [0.717, 1.165) is 0 Å². The monoisotopic (exact) mass is 1530 g/mol. The second kappa shape index (κ2) is 33.3. The second-order valence-corrected chi connectivity index (χ2v) is 24.5. The van der Waals surface area contributed by atoms with Crippen LogP contribution in [0.5, 0.6) is 0 Å². The molecule has 0 spiro atoms. The van der Waals surface area contributed by atoms with Crippen molar-refractivity contribution in [2.24, 2.45) is 0 Å². The summed E-state index contributed by atoms with van der Waals surface area (Å²) in [7, 11) is 1.19. The van der Waals surface area contributed by atoms with Gasteiger partial charge in [-0.05, 0) is 49.7 Å². The Morgan fingerprint density at radius 2 is 0.790 bits per heavy atom. The molecule has 3 aliphatic rings. The number of hydrogen-bond donors (Lipinski definition) is 6. The normalized spacial score (nSPS) is 16.4. The fourth-order valence-corrected chi connectivity index (χ4v) is 11.8. The summed E-state index contributed by atoms with van der Waals surface area (Å²) in [5, 5.41) is 9.01. The first-order chi connectivity index (χ1) is 50.0. The van der Waals surface area contributed by atoms with Gasteiger partial charge in [-0.1, -0.05) is 41.7 Å². The number of carbonyl (C=O) groups is 6. The Morgan fingerprint density at radius 3 is 1.09 bits per heavy atom. The average Bonchev–Trinajstić information content (AvgIpc) is 1.81. The van der Waals surface area contributed by atoms with E-state index in [1.54, 1.807) is 71.7 Å². The molecule has 3 fully saturated rings. The highest BCUT2D eigenvalue weighted by atomic mass is 35.5. The molecule has 30 nitrogen and oxygen atoms in total. The number of nitrogens with zero attached hydrogens (tertiary/aromatic N) is 15. The molecule has 0 unspecified atom stereocenters. The summed E-state index contributed by atoms with van der Waals surface area (Å²) in [4.78, 5) is 132. The summed E-state index contributed by atoms with van der Waals surface area (Å²) in [5.74, 6) is -0.809. The average molecular weight is 1540 g/mol. The van der Waals surface area contributed by atoms with Crippen molar-refractivity contribution in [1.82, 2.24) is 90.5 Å². The molecule has 9 aromatic rings. The smallest absolute Gasteiger partial charge is 0.409 e. The van der Waals surface area contributed by atoms with Gasteiger partial charge in [0, 0.05) is 128 Å². The third-order valence-electron chi connectivity index (χ3n) is 16.1. The number of piperazine rings is 3. The standard InChI is InChI=1S/C22H23ClF3N7O3.C21H21ClF3N7O3.C20H19ClF3N7O3/c1-2-7-36-21(35)32-5-6-33(16(11-32)20(34)30-12-22(24,25)26)17-3-4-27-19(31-17)15-10-29-18-14(15)8-13(23)9-28-18;1-2-35-20(34)31-5-6-32(15(10-31)19(33)29-11-21(23,24)25)16-3-4-26-18(30-16)14-9-28-17-13(14)7-12(22)8-27-17;1-34-19(33)30-4-5-31(14(9-30)18(32)28-10-20(22,23)24)15-2-3-25-17(29-15)13-8-27-16-12(13)6-11(21)7-26-16/h3-4,8-10,16H,2,5-7,11-12H2,1H3,(H,28,29)(H,30,34);3-4,7-9,15H,2,5-6,10-11H2,1H3,(H,27,28)(H,29,33);2-3,6-8,14H,4-5,9-10H2,1H3,(H,26,27)(H,28,32)/t16-;15-;14-/m111/s1. The molecule has 0 aliphatic carbocycles. The highest BCUT2D eigenvalue weighted by molar-refractivity contribution is 6.32. The number of alkyl halides is 9. The molecule has 3 saturated heterocycles. The van der Waals surface area contributed by atoms with Crippen LogP contribution in [0, 0.1) is 0 Å². The lowest BCUT2D eigenvalue weighted by Crippen LogP contribution is -2.61. The molecule has 9 aromatic heterocycles. The van der Waals surface area contributed by atoms with Gasteiger partial charge in [0.2, 0.25) is 17.7 Å². The Hall–Kier alpha value is -10.8. The molecule has 12 rings (SSSR count). The molecular formula is C63H63Cl3F9N21O9. The lowest BCUT2D eigenvalue weighted by Gasteiger charge is -2.40. The number of hydrogen-bond acceptors (Lipinski definition) is 21. The molecule has 6 amide bonds. The lowest BCUT2D eigenvalue weighted by molar-refractivity contribution is -0.139. The van der Waals surface area contributed by atoms with Gasteiger partial charge >= 0.3 is 36.8 Å². The summed E-state index contributed by atoms with van der Waals surface area (Å²) < 4.78 is 129. The van der Waals surface area contributed by atoms with Gasteiger partial charge in [-0.2, -0.15) is 39.5 Å². The number of fused-ring (bicyclic) bond motifs is 3. The van der Waals surface area contributed by atoms with Gasteiger partial charge in [0.1, 0.15) is 72.2 Å². The maximum atomic E-state index is 12.8. The van der Waals surface area contributed by atoms with Crippen molar-refractivity contribution in [2.75, 3.05) is 114 Å². The largest absolute Gasteiger partial charge is 0.453 e. The second-order valence-electron chi connectivity index (χ2n) is 23.2. The van der Waals surface area contributed by atoms with Gasteiger partial charge in [0.05, 0.1) is 55.0 Å². The number of nitrogens with one attached hydrogen (secondary N) is 6. The number of aromatic nitrogens is 12. The molecule has 0 saturated carbocycles. The first-order valence-electron chi connectivity index (χ1n) is 31.9. The summed E-state index contributed by atoms with van der Waals surface area (Å²) >= 11 is 18.2. The molecule has 3 aliphatic heterocycles. The van der Waals surface area contributed by atoms with Crippen LogP contribution < -0.4 is 30.7 Å². The van der Waals surface area contributed by atoms with E-state index in [1.165, 1.54) is 63.9 Å². The van der Waals surface area contributed by atoms with Gasteiger partial charge in [-0.15, -0.1) is 0 Å². The Labute approximate surface area is 603 Å². The van der Waals surface area contributed by atoms with E-state index in [-0.39, 0.29) is 72.1 Å². The molecule has 42 heteroatoms. The highest BCUT2D eigenvalue weighted by Gasteiger charge is 2.42. The number of aromatic amines is 3. The molecule has 0 bridgehead atoms. The predicted molar refractivity (Wildman–Crippen MR) is 363 cm³/mol. The zero-order chi connectivity index (χ0) is 75.5. The minimum atomic E-state index is -4.58. The number of ether oxygens (including phenoxy) is 3. The fraction of sp³-hybridized carbons (Fsp3) is 0.381. The van der Waals surface area contributed by atoms with Crippen LogP contribution in [0.2, 0.25) is 15.1 Å². The quantitative estimate of drug-likeness (QED) is 0.0411.